The van der Waals surface area contributed by atoms with Gasteiger partial charge in [0.15, 0.2) is 0 Å². The summed E-state index contributed by atoms with van der Waals surface area (Å²) in [6.07, 6.45) is 11.5. The third kappa shape index (κ3) is 2.92. The highest BCUT2D eigenvalue weighted by Gasteiger charge is 2.47. The summed E-state index contributed by atoms with van der Waals surface area (Å²) in [6, 6.07) is 0. The molecule has 3 heteroatoms. The lowest BCUT2D eigenvalue weighted by Crippen LogP contribution is -2.42. The zero-order valence-corrected chi connectivity index (χ0v) is 14.6. The van der Waals surface area contributed by atoms with Crippen molar-refractivity contribution in [2.75, 3.05) is 7.11 Å². The molecule has 0 spiro atoms. The molecule has 5 fully saturated rings. The molecule has 4 bridgehead atoms. The van der Waals surface area contributed by atoms with E-state index in [1.54, 1.807) is 5.57 Å². The van der Waals surface area contributed by atoms with Crippen LogP contribution >= 0.6 is 0 Å². The van der Waals surface area contributed by atoms with Gasteiger partial charge >= 0.3 is 5.97 Å². The van der Waals surface area contributed by atoms with Crippen molar-refractivity contribution < 1.29 is 14.3 Å². The van der Waals surface area contributed by atoms with Crippen LogP contribution in [0.2, 0.25) is 0 Å². The van der Waals surface area contributed by atoms with E-state index in [1.165, 1.54) is 51.2 Å². The van der Waals surface area contributed by atoms with E-state index in [9.17, 15) is 4.79 Å². The second kappa shape index (κ2) is 6.14. The summed E-state index contributed by atoms with van der Waals surface area (Å²) in [4.78, 5) is 11.3. The molecule has 5 aliphatic carbocycles. The second-order valence-corrected chi connectivity index (χ2v) is 8.42. The molecule has 5 rings (SSSR count). The lowest BCUT2D eigenvalue weighted by molar-refractivity contribution is -0.148. The molecule has 2 unspecified atom stereocenters. The number of ether oxygens (including phenoxy) is 2. The SMILES string of the molecule is COC(=C1C2CC3CC(C2)CC1C3)C1CCCC(OC(C)=O)C1. The van der Waals surface area contributed by atoms with Crippen molar-refractivity contribution in [1.82, 2.24) is 0 Å². The molecule has 0 heterocycles. The Morgan fingerprint density at radius 1 is 0.957 bits per heavy atom. The van der Waals surface area contributed by atoms with E-state index in [1.807, 2.05) is 7.11 Å². The summed E-state index contributed by atoms with van der Waals surface area (Å²) in [7, 11) is 1.86. The summed E-state index contributed by atoms with van der Waals surface area (Å²) >= 11 is 0. The zero-order valence-electron chi connectivity index (χ0n) is 14.6. The maximum absolute atomic E-state index is 11.3. The Bertz CT molecular complexity index is 477. The fraction of sp³-hybridized carbons (Fsp3) is 0.850. The quantitative estimate of drug-likeness (QED) is 0.569. The van der Waals surface area contributed by atoms with E-state index in [-0.39, 0.29) is 12.1 Å². The number of esters is 1. The largest absolute Gasteiger partial charge is 0.501 e. The number of methoxy groups -OCH3 is 1. The molecule has 128 valence electrons. The standard InChI is InChI=1S/C20H30O3/c1-12(21)23-18-5-3-4-15(11-18)20(22-2)19-16-7-13-6-14(9-16)10-17(19)8-13/h13-18H,3-11H2,1-2H3. The highest BCUT2D eigenvalue weighted by Crippen LogP contribution is 2.58. The Balaban J connectivity index is 1.56. The molecule has 0 saturated heterocycles. The molecular formula is C20H30O3. The van der Waals surface area contributed by atoms with Crippen LogP contribution in [-0.2, 0) is 14.3 Å². The summed E-state index contributed by atoms with van der Waals surface area (Å²) in [6.45, 7) is 1.52. The van der Waals surface area contributed by atoms with Gasteiger partial charge in [0.05, 0.1) is 12.9 Å². The molecule has 0 aromatic heterocycles. The van der Waals surface area contributed by atoms with Gasteiger partial charge in [-0.2, -0.15) is 0 Å². The van der Waals surface area contributed by atoms with Crippen LogP contribution < -0.4 is 0 Å². The van der Waals surface area contributed by atoms with Gasteiger partial charge in [0, 0.05) is 12.8 Å². The average Bonchev–Trinajstić information content (AvgIpc) is 2.49. The van der Waals surface area contributed by atoms with Crippen molar-refractivity contribution >= 4 is 5.97 Å². The van der Waals surface area contributed by atoms with Crippen LogP contribution in [-0.4, -0.2) is 19.2 Å². The van der Waals surface area contributed by atoms with Gasteiger partial charge in [-0.25, -0.2) is 0 Å². The molecule has 0 aromatic rings. The minimum Gasteiger partial charge on any atom is -0.501 e. The molecule has 0 aromatic carbocycles. The third-order valence-corrected chi connectivity index (χ3v) is 6.85. The number of carbonyl (C=O) groups excluding carboxylic acids is 1. The first kappa shape index (κ1) is 15.5. The van der Waals surface area contributed by atoms with Gasteiger partial charge in [0.1, 0.15) is 6.10 Å². The molecule has 3 nitrogen and oxygen atoms in total. The molecule has 0 aliphatic heterocycles. The average molecular weight is 318 g/mol. The van der Waals surface area contributed by atoms with Gasteiger partial charge in [-0.3, -0.25) is 4.79 Å². The van der Waals surface area contributed by atoms with Gasteiger partial charge in [0.25, 0.3) is 0 Å². The van der Waals surface area contributed by atoms with Crippen LogP contribution in [0.5, 0.6) is 0 Å². The molecule has 5 saturated carbocycles. The second-order valence-electron chi connectivity index (χ2n) is 8.42. The van der Waals surface area contributed by atoms with Crippen molar-refractivity contribution in [2.24, 2.45) is 29.6 Å². The van der Waals surface area contributed by atoms with Crippen LogP contribution in [0.4, 0.5) is 0 Å². The van der Waals surface area contributed by atoms with Crippen molar-refractivity contribution in [3.05, 3.63) is 11.3 Å². The van der Waals surface area contributed by atoms with Crippen molar-refractivity contribution in [2.45, 2.75) is 70.8 Å². The number of carbonyl (C=O) groups is 1. The topological polar surface area (TPSA) is 35.5 Å². The van der Waals surface area contributed by atoms with E-state index >= 15 is 0 Å². The van der Waals surface area contributed by atoms with Crippen LogP contribution in [0.1, 0.15) is 64.7 Å². The van der Waals surface area contributed by atoms with Gasteiger partial charge < -0.3 is 9.47 Å². The smallest absolute Gasteiger partial charge is 0.302 e. The summed E-state index contributed by atoms with van der Waals surface area (Å²) in [5.74, 6) is 5.16. The highest BCUT2D eigenvalue weighted by atomic mass is 16.5. The molecule has 2 atom stereocenters. The zero-order chi connectivity index (χ0) is 16.0. The van der Waals surface area contributed by atoms with E-state index in [4.69, 9.17) is 9.47 Å². The molecule has 23 heavy (non-hydrogen) atoms. The lowest BCUT2D eigenvalue weighted by Gasteiger charge is -2.52. The van der Waals surface area contributed by atoms with Crippen LogP contribution in [0.25, 0.3) is 0 Å². The Morgan fingerprint density at radius 3 is 2.17 bits per heavy atom. The van der Waals surface area contributed by atoms with Gasteiger partial charge in [-0.15, -0.1) is 0 Å². The first-order valence-electron chi connectivity index (χ1n) is 9.59. The van der Waals surface area contributed by atoms with E-state index in [2.05, 4.69) is 0 Å². The Labute approximate surface area is 139 Å². The maximum Gasteiger partial charge on any atom is 0.302 e. The van der Waals surface area contributed by atoms with Crippen LogP contribution in [0.15, 0.2) is 11.3 Å². The predicted octanol–water partition coefficient (Wildman–Crippen LogP) is 4.46. The highest BCUT2D eigenvalue weighted by molar-refractivity contribution is 5.66. The first-order chi connectivity index (χ1) is 11.1. The molecule has 5 aliphatic rings. The monoisotopic (exact) mass is 318 g/mol. The Morgan fingerprint density at radius 2 is 1.61 bits per heavy atom. The molecule has 0 N–H and O–H groups in total. The van der Waals surface area contributed by atoms with Crippen molar-refractivity contribution in [3.8, 4) is 0 Å². The summed E-state index contributed by atoms with van der Waals surface area (Å²) in [5.41, 5.74) is 1.67. The fourth-order valence-corrected chi connectivity index (χ4v) is 6.34. The summed E-state index contributed by atoms with van der Waals surface area (Å²) < 4.78 is 11.5. The van der Waals surface area contributed by atoms with E-state index in [0.29, 0.717) is 5.92 Å². The number of allylic oxidation sites excluding steroid dienone is 2. The Kier molecular flexibility index (Phi) is 4.15. The van der Waals surface area contributed by atoms with Gasteiger partial charge in [0.2, 0.25) is 0 Å². The van der Waals surface area contributed by atoms with Gasteiger partial charge in [-0.05, 0) is 87.0 Å². The first-order valence-corrected chi connectivity index (χ1v) is 9.59. The van der Waals surface area contributed by atoms with Crippen LogP contribution in [0.3, 0.4) is 0 Å². The number of hydrogen-bond acceptors (Lipinski definition) is 3. The van der Waals surface area contributed by atoms with Crippen LogP contribution in [0, 0.1) is 29.6 Å². The molecular weight excluding hydrogens is 288 g/mol. The molecule has 0 radical (unpaired) electrons. The lowest BCUT2D eigenvalue weighted by atomic mass is 9.53. The minimum absolute atomic E-state index is 0.0915. The number of hydrogen-bond donors (Lipinski definition) is 0. The molecule has 0 amide bonds. The maximum atomic E-state index is 11.3. The minimum atomic E-state index is -0.142. The predicted molar refractivity (Wildman–Crippen MR) is 88.6 cm³/mol. The number of rotatable bonds is 3. The van der Waals surface area contributed by atoms with E-state index < -0.39 is 0 Å². The van der Waals surface area contributed by atoms with Crippen molar-refractivity contribution in [1.29, 1.82) is 0 Å². The summed E-state index contributed by atoms with van der Waals surface area (Å²) in [5, 5.41) is 0. The van der Waals surface area contributed by atoms with Gasteiger partial charge in [-0.1, -0.05) is 0 Å². The van der Waals surface area contributed by atoms with Crippen molar-refractivity contribution in [3.63, 3.8) is 0 Å². The Hall–Kier alpha value is -0.990. The van der Waals surface area contributed by atoms with E-state index in [0.717, 1.165) is 42.9 Å². The third-order valence-electron chi connectivity index (χ3n) is 6.85. The normalized spacial score (nSPS) is 41.7. The fourth-order valence-electron chi connectivity index (χ4n) is 6.34.